The van der Waals surface area contributed by atoms with Gasteiger partial charge in [-0.05, 0) is 37.8 Å². The Morgan fingerprint density at radius 1 is 1.11 bits per heavy atom. The number of aromatic nitrogens is 1. The summed E-state index contributed by atoms with van der Waals surface area (Å²) in [5, 5.41) is 4.11. The number of ether oxygens (including phenoxy) is 3. The molecular formula is C18H20N2O7S. The lowest BCUT2D eigenvalue weighted by atomic mass is 10.1. The van der Waals surface area contributed by atoms with Crippen molar-refractivity contribution in [3.05, 3.63) is 38.8 Å². The lowest BCUT2D eigenvalue weighted by Gasteiger charge is -2.07. The van der Waals surface area contributed by atoms with Crippen LogP contribution in [0.15, 0.2) is 11.4 Å². The lowest BCUT2D eigenvalue weighted by molar-refractivity contribution is -0.119. The van der Waals surface area contributed by atoms with Gasteiger partial charge < -0.3 is 24.5 Å². The molecular weight excluding hydrogens is 388 g/mol. The zero-order valence-electron chi connectivity index (χ0n) is 15.8. The van der Waals surface area contributed by atoms with E-state index in [2.05, 4.69) is 15.0 Å². The molecule has 0 unspecified atom stereocenters. The van der Waals surface area contributed by atoms with Crippen molar-refractivity contribution in [3.63, 3.8) is 0 Å². The van der Waals surface area contributed by atoms with Gasteiger partial charge in [0.25, 0.3) is 5.91 Å². The third kappa shape index (κ3) is 4.58. The highest BCUT2D eigenvalue weighted by Gasteiger charge is 2.24. The first-order valence-corrected chi connectivity index (χ1v) is 9.17. The molecule has 0 saturated carbocycles. The van der Waals surface area contributed by atoms with E-state index in [1.165, 1.54) is 7.11 Å². The van der Waals surface area contributed by atoms with E-state index in [4.69, 9.17) is 9.47 Å². The van der Waals surface area contributed by atoms with Crippen molar-refractivity contribution in [2.45, 2.75) is 20.8 Å². The molecule has 0 aromatic carbocycles. The molecule has 1 amide bonds. The van der Waals surface area contributed by atoms with Crippen LogP contribution in [0.25, 0.3) is 0 Å². The summed E-state index contributed by atoms with van der Waals surface area (Å²) in [7, 11) is 1.24. The Morgan fingerprint density at radius 2 is 1.82 bits per heavy atom. The number of carbonyl (C=O) groups is 4. The highest BCUT2D eigenvalue weighted by atomic mass is 32.1. The Bertz CT molecular complexity index is 913. The van der Waals surface area contributed by atoms with Gasteiger partial charge in [-0.25, -0.2) is 14.4 Å². The summed E-state index contributed by atoms with van der Waals surface area (Å²) in [6.45, 7) is 4.54. The minimum atomic E-state index is -0.787. The first-order valence-electron chi connectivity index (χ1n) is 8.29. The molecule has 0 aliphatic heterocycles. The molecule has 0 fully saturated rings. The van der Waals surface area contributed by atoms with Gasteiger partial charge in [-0.15, -0.1) is 11.3 Å². The van der Waals surface area contributed by atoms with Gasteiger partial charge >= 0.3 is 17.9 Å². The Kier molecular flexibility index (Phi) is 6.94. The van der Waals surface area contributed by atoms with E-state index in [0.717, 1.165) is 11.3 Å². The monoisotopic (exact) mass is 408 g/mol. The Hall–Kier alpha value is -3.14. The second-order valence-electron chi connectivity index (χ2n) is 5.62. The molecule has 0 saturated heterocycles. The highest BCUT2D eigenvalue weighted by molar-refractivity contribution is 7.12. The van der Waals surface area contributed by atoms with E-state index in [1.54, 1.807) is 32.2 Å². The maximum atomic E-state index is 12.3. The molecule has 2 aromatic heterocycles. The molecule has 0 bridgehead atoms. The van der Waals surface area contributed by atoms with Crippen LogP contribution in [0.5, 0.6) is 0 Å². The van der Waals surface area contributed by atoms with Crippen molar-refractivity contribution in [1.29, 1.82) is 0 Å². The fourth-order valence-corrected chi connectivity index (χ4v) is 3.28. The number of hydrogen-bond acceptors (Lipinski definition) is 8. The summed E-state index contributed by atoms with van der Waals surface area (Å²) in [6, 6.07) is 1.54. The quantitative estimate of drug-likeness (QED) is 0.533. The van der Waals surface area contributed by atoms with Crippen molar-refractivity contribution in [3.8, 4) is 0 Å². The number of esters is 3. The fourth-order valence-electron chi connectivity index (χ4n) is 2.51. The van der Waals surface area contributed by atoms with Crippen LogP contribution in [-0.4, -0.2) is 49.1 Å². The van der Waals surface area contributed by atoms with Gasteiger partial charge in [0.2, 0.25) is 0 Å². The number of hydrogen-bond donors (Lipinski definition) is 2. The SMILES string of the molecule is CCOC(=O)c1c(C)[nH]c(C(=O)OCC(=O)Nc2ccsc2C(=O)OC)c1C. The number of aromatic amines is 1. The molecule has 0 aliphatic carbocycles. The van der Waals surface area contributed by atoms with Crippen LogP contribution in [-0.2, 0) is 19.0 Å². The molecule has 2 N–H and O–H groups in total. The minimum Gasteiger partial charge on any atom is -0.465 e. The zero-order chi connectivity index (χ0) is 20.8. The van der Waals surface area contributed by atoms with E-state index < -0.39 is 30.4 Å². The highest BCUT2D eigenvalue weighted by Crippen LogP contribution is 2.23. The number of methoxy groups -OCH3 is 1. The largest absolute Gasteiger partial charge is 0.465 e. The third-order valence-corrected chi connectivity index (χ3v) is 4.66. The average Bonchev–Trinajstić information content (AvgIpc) is 3.23. The fraction of sp³-hybridized carbons (Fsp3) is 0.333. The van der Waals surface area contributed by atoms with Crippen LogP contribution in [0, 0.1) is 13.8 Å². The molecule has 2 rings (SSSR count). The van der Waals surface area contributed by atoms with Crippen LogP contribution in [0.3, 0.4) is 0 Å². The van der Waals surface area contributed by atoms with Crippen LogP contribution >= 0.6 is 11.3 Å². The predicted octanol–water partition coefficient (Wildman–Crippen LogP) is 2.45. The van der Waals surface area contributed by atoms with Gasteiger partial charge in [0.15, 0.2) is 6.61 Å². The Balaban J connectivity index is 2.02. The summed E-state index contributed by atoms with van der Waals surface area (Å²) in [6.07, 6.45) is 0. The minimum absolute atomic E-state index is 0.0686. The van der Waals surface area contributed by atoms with Crippen molar-refractivity contribution in [2.24, 2.45) is 0 Å². The zero-order valence-corrected chi connectivity index (χ0v) is 16.7. The van der Waals surface area contributed by atoms with E-state index in [-0.39, 0.29) is 28.4 Å². The maximum Gasteiger partial charge on any atom is 0.355 e. The van der Waals surface area contributed by atoms with Gasteiger partial charge in [0.1, 0.15) is 10.6 Å². The molecule has 0 atom stereocenters. The molecule has 2 aromatic rings. The molecule has 0 spiro atoms. The number of thiophene rings is 1. The van der Waals surface area contributed by atoms with Crippen molar-refractivity contribution >= 4 is 40.8 Å². The standard InChI is InChI=1S/C18H20N2O7S/c1-5-26-16(22)13-9(2)14(19-10(13)3)17(23)27-8-12(21)20-11-6-7-28-15(11)18(24)25-4/h6-7,19H,5,8H2,1-4H3,(H,20,21). The number of carbonyl (C=O) groups excluding carboxylic acids is 4. The summed E-state index contributed by atoms with van der Waals surface area (Å²) in [5.74, 6) is -2.53. The van der Waals surface area contributed by atoms with Crippen LogP contribution in [0.4, 0.5) is 5.69 Å². The number of H-pyrrole nitrogens is 1. The molecule has 2 heterocycles. The van der Waals surface area contributed by atoms with Crippen LogP contribution in [0.2, 0.25) is 0 Å². The average molecular weight is 408 g/mol. The van der Waals surface area contributed by atoms with Crippen LogP contribution in [0.1, 0.15) is 48.7 Å². The van der Waals surface area contributed by atoms with Crippen LogP contribution < -0.4 is 5.32 Å². The molecule has 150 valence electrons. The first-order chi connectivity index (χ1) is 13.3. The van der Waals surface area contributed by atoms with E-state index in [1.807, 2.05) is 0 Å². The van der Waals surface area contributed by atoms with E-state index in [9.17, 15) is 19.2 Å². The number of nitrogens with one attached hydrogen (secondary N) is 2. The Morgan fingerprint density at radius 3 is 2.46 bits per heavy atom. The van der Waals surface area contributed by atoms with Crippen molar-refractivity contribution in [1.82, 2.24) is 4.98 Å². The second-order valence-corrected chi connectivity index (χ2v) is 6.54. The molecule has 10 heteroatoms. The predicted molar refractivity (Wildman–Crippen MR) is 101 cm³/mol. The smallest absolute Gasteiger partial charge is 0.355 e. The summed E-state index contributed by atoms with van der Waals surface area (Å²) >= 11 is 1.11. The van der Waals surface area contributed by atoms with Gasteiger partial charge in [-0.1, -0.05) is 0 Å². The van der Waals surface area contributed by atoms with Crippen molar-refractivity contribution in [2.75, 3.05) is 25.6 Å². The van der Waals surface area contributed by atoms with E-state index >= 15 is 0 Å². The summed E-state index contributed by atoms with van der Waals surface area (Å²) in [5.41, 5.74) is 1.45. The first kappa shape index (κ1) is 21.2. The lowest BCUT2D eigenvalue weighted by Crippen LogP contribution is -2.22. The number of amides is 1. The number of anilines is 1. The molecule has 28 heavy (non-hydrogen) atoms. The molecule has 0 radical (unpaired) electrons. The number of rotatable bonds is 7. The topological polar surface area (TPSA) is 124 Å². The van der Waals surface area contributed by atoms with Gasteiger partial charge in [0.05, 0.1) is 25.0 Å². The van der Waals surface area contributed by atoms with E-state index in [0.29, 0.717) is 11.3 Å². The summed E-state index contributed by atoms with van der Waals surface area (Å²) in [4.78, 5) is 50.9. The second kappa shape index (κ2) is 9.18. The normalized spacial score (nSPS) is 10.3. The van der Waals surface area contributed by atoms with Crippen molar-refractivity contribution < 1.29 is 33.4 Å². The Labute approximate surface area is 165 Å². The summed E-state index contributed by atoms with van der Waals surface area (Å²) < 4.78 is 14.6. The third-order valence-electron chi connectivity index (χ3n) is 3.77. The number of aryl methyl sites for hydroxylation is 1. The van der Waals surface area contributed by atoms with Gasteiger partial charge in [0, 0.05) is 5.69 Å². The molecule has 9 nitrogen and oxygen atoms in total. The molecule has 0 aliphatic rings. The maximum absolute atomic E-state index is 12.3. The van der Waals surface area contributed by atoms with Gasteiger partial charge in [-0.3, -0.25) is 4.79 Å². The van der Waals surface area contributed by atoms with Gasteiger partial charge in [-0.2, -0.15) is 0 Å².